The van der Waals surface area contributed by atoms with Crippen LogP contribution in [0, 0.1) is 0 Å². The van der Waals surface area contributed by atoms with E-state index in [-0.39, 0.29) is 6.42 Å². The topological polar surface area (TPSA) is 77.2 Å². The normalized spacial score (nSPS) is 10.8. The van der Waals surface area contributed by atoms with Crippen molar-refractivity contribution in [3.8, 4) is 5.75 Å². The molecule has 0 amide bonds. The van der Waals surface area contributed by atoms with Crippen LogP contribution in [0.2, 0.25) is 0 Å². The van der Waals surface area contributed by atoms with E-state index in [1.54, 1.807) is 13.3 Å². The number of pyridine rings is 1. The maximum Gasteiger partial charge on any atom is 0.303 e. The number of hydrogen-bond donors (Lipinski definition) is 1. The van der Waals surface area contributed by atoms with Crippen molar-refractivity contribution in [1.29, 1.82) is 0 Å². The Morgan fingerprint density at radius 1 is 1.26 bits per heavy atom. The molecule has 0 aliphatic carbocycles. The Morgan fingerprint density at radius 3 is 2.87 bits per heavy atom. The highest BCUT2D eigenvalue weighted by atomic mass is 16.5. The predicted molar refractivity (Wildman–Crippen MR) is 85.6 cm³/mol. The van der Waals surface area contributed by atoms with E-state index in [9.17, 15) is 4.79 Å². The molecule has 0 aliphatic heterocycles. The van der Waals surface area contributed by atoms with Crippen LogP contribution in [0.1, 0.15) is 17.8 Å². The quantitative estimate of drug-likeness (QED) is 0.757. The summed E-state index contributed by atoms with van der Waals surface area (Å²) in [6.07, 6.45) is 2.11. The van der Waals surface area contributed by atoms with E-state index < -0.39 is 5.97 Å². The van der Waals surface area contributed by atoms with Gasteiger partial charge in [-0.2, -0.15) is 0 Å². The highest BCUT2D eigenvalue weighted by Gasteiger charge is 2.14. The second-order valence-electron chi connectivity index (χ2n) is 5.17. The summed E-state index contributed by atoms with van der Waals surface area (Å²) in [6, 6.07) is 11.4. The van der Waals surface area contributed by atoms with Gasteiger partial charge in [-0.1, -0.05) is 18.2 Å². The first-order valence-corrected chi connectivity index (χ1v) is 7.33. The maximum absolute atomic E-state index is 10.9. The third kappa shape index (κ3) is 3.15. The lowest BCUT2D eigenvalue weighted by molar-refractivity contribution is -0.137. The lowest BCUT2D eigenvalue weighted by Gasteiger charge is -2.11. The lowest BCUT2D eigenvalue weighted by atomic mass is 10.2. The SMILES string of the molecule is COc1ccccc1Cn1c(CCC(=O)O)nc2cccnc21. The van der Waals surface area contributed by atoms with Gasteiger partial charge in [-0.3, -0.25) is 4.79 Å². The number of nitrogens with zero attached hydrogens (tertiary/aromatic N) is 3. The fourth-order valence-electron chi connectivity index (χ4n) is 2.59. The first-order chi connectivity index (χ1) is 11.2. The number of imidazole rings is 1. The van der Waals surface area contributed by atoms with E-state index in [0.29, 0.717) is 18.8 Å². The average Bonchev–Trinajstić information content (AvgIpc) is 2.91. The molecule has 0 spiro atoms. The molecular weight excluding hydrogens is 294 g/mol. The number of aliphatic carboxylic acids is 1. The molecule has 23 heavy (non-hydrogen) atoms. The Kier molecular flexibility index (Phi) is 4.23. The summed E-state index contributed by atoms with van der Waals surface area (Å²) in [7, 11) is 1.63. The smallest absolute Gasteiger partial charge is 0.303 e. The van der Waals surface area contributed by atoms with Crippen LogP contribution in [0.4, 0.5) is 0 Å². The van der Waals surface area contributed by atoms with Crippen molar-refractivity contribution in [3.05, 3.63) is 54.0 Å². The van der Waals surface area contributed by atoms with E-state index in [4.69, 9.17) is 9.84 Å². The van der Waals surface area contributed by atoms with Crippen LogP contribution < -0.4 is 4.74 Å². The van der Waals surface area contributed by atoms with Gasteiger partial charge in [0, 0.05) is 18.2 Å². The molecule has 118 valence electrons. The molecule has 0 saturated heterocycles. The summed E-state index contributed by atoms with van der Waals surface area (Å²) in [5.74, 6) is 0.662. The number of hydrogen-bond acceptors (Lipinski definition) is 4. The average molecular weight is 311 g/mol. The molecule has 0 fully saturated rings. The van der Waals surface area contributed by atoms with Crippen molar-refractivity contribution >= 4 is 17.1 Å². The molecule has 0 aliphatic rings. The van der Waals surface area contributed by atoms with Crippen molar-refractivity contribution in [2.75, 3.05) is 7.11 Å². The molecule has 3 aromatic rings. The Labute approximate surface area is 133 Å². The molecule has 0 atom stereocenters. The van der Waals surface area contributed by atoms with E-state index >= 15 is 0 Å². The number of fused-ring (bicyclic) bond motifs is 1. The van der Waals surface area contributed by atoms with E-state index in [0.717, 1.165) is 22.5 Å². The molecule has 6 nitrogen and oxygen atoms in total. The van der Waals surface area contributed by atoms with Gasteiger partial charge < -0.3 is 14.4 Å². The summed E-state index contributed by atoms with van der Waals surface area (Å²) < 4.78 is 7.35. The van der Waals surface area contributed by atoms with Gasteiger partial charge in [0.25, 0.3) is 0 Å². The number of aromatic nitrogens is 3. The zero-order valence-corrected chi connectivity index (χ0v) is 12.8. The van der Waals surface area contributed by atoms with Gasteiger partial charge >= 0.3 is 5.97 Å². The number of para-hydroxylation sites is 1. The number of carbonyl (C=O) groups is 1. The van der Waals surface area contributed by atoms with Gasteiger partial charge in [0.05, 0.1) is 20.1 Å². The molecule has 2 heterocycles. The van der Waals surface area contributed by atoms with Gasteiger partial charge in [-0.15, -0.1) is 0 Å². The minimum absolute atomic E-state index is 0.0370. The van der Waals surface area contributed by atoms with Crippen LogP contribution in [0.25, 0.3) is 11.2 Å². The molecule has 1 N–H and O–H groups in total. The number of carboxylic acid groups (broad SMARTS) is 1. The van der Waals surface area contributed by atoms with E-state index in [1.165, 1.54) is 0 Å². The Hall–Kier alpha value is -2.89. The monoisotopic (exact) mass is 311 g/mol. The zero-order chi connectivity index (χ0) is 16.2. The molecule has 2 aromatic heterocycles. The van der Waals surface area contributed by atoms with Gasteiger partial charge in [-0.25, -0.2) is 9.97 Å². The largest absolute Gasteiger partial charge is 0.496 e. The number of carboxylic acids is 1. The highest BCUT2D eigenvalue weighted by Crippen LogP contribution is 2.22. The van der Waals surface area contributed by atoms with Crippen molar-refractivity contribution in [3.63, 3.8) is 0 Å². The van der Waals surface area contributed by atoms with E-state index in [2.05, 4.69) is 9.97 Å². The minimum atomic E-state index is -0.839. The standard InChI is InChI=1S/C17H17N3O3/c1-23-14-7-3-2-5-12(14)11-20-15(8-9-16(21)22)19-13-6-4-10-18-17(13)20/h2-7,10H,8-9,11H2,1H3,(H,21,22). The first-order valence-electron chi connectivity index (χ1n) is 7.33. The van der Waals surface area contributed by atoms with Crippen LogP contribution in [-0.2, 0) is 17.8 Å². The van der Waals surface area contributed by atoms with Gasteiger partial charge in [0.1, 0.15) is 17.1 Å². The highest BCUT2D eigenvalue weighted by molar-refractivity contribution is 5.72. The van der Waals surface area contributed by atoms with Crippen molar-refractivity contribution < 1.29 is 14.6 Å². The summed E-state index contributed by atoms with van der Waals surface area (Å²) in [5, 5.41) is 8.94. The molecule has 0 saturated carbocycles. The third-order valence-electron chi connectivity index (χ3n) is 3.67. The Morgan fingerprint density at radius 2 is 2.09 bits per heavy atom. The lowest BCUT2D eigenvalue weighted by Crippen LogP contribution is -2.09. The Balaban J connectivity index is 2.03. The fraction of sp³-hybridized carbons (Fsp3) is 0.235. The molecule has 0 bridgehead atoms. The zero-order valence-electron chi connectivity index (χ0n) is 12.8. The molecular formula is C17H17N3O3. The molecule has 3 rings (SSSR count). The van der Waals surface area contributed by atoms with Crippen LogP contribution in [0.15, 0.2) is 42.6 Å². The second-order valence-corrected chi connectivity index (χ2v) is 5.17. The third-order valence-corrected chi connectivity index (χ3v) is 3.67. The number of aryl methyl sites for hydroxylation is 1. The van der Waals surface area contributed by atoms with Crippen LogP contribution in [-0.4, -0.2) is 32.7 Å². The number of methoxy groups -OCH3 is 1. The van der Waals surface area contributed by atoms with Gasteiger partial charge in [0.2, 0.25) is 0 Å². The van der Waals surface area contributed by atoms with Crippen LogP contribution in [0.3, 0.4) is 0 Å². The number of ether oxygens (including phenoxy) is 1. The van der Waals surface area contributed by atoms with Crippen LogP contribution in [0.5, 0.6) is 5.75 Å². The van der Waals surface area contributed by atoms with Crippen molar-refractivity contribution in [2.45, 2.75) is 19.4 Å². The summed E-state index contributed by atoms with van der Waals surface area (Å²) in [5.41, 5.74) is 2.51. The molecule has 1 aromatic carbocycles. The fourth-order valence-corrected chi connectivity index (χ4v) is 2.59. The van der Waals surface area contributed by atoms with Gasteiger partial charge in [-0.05, 0) is 18.2 Å². The van der Waals surface area contributed by atoms with E-state index in [1.807, 2.05) is 41.0 Å². The summed E-state index contributed by atoms with van der Waals surface area (Å²) in [6.45, 7) is 0.534. The number of rotatable bonds is 6. The van der Waals surface area contributed by atoms with Gasteiger partial charge in [0.15, 0.2) is 5.65 Å². The molecule has 6 heteroatoms. The van der Waals surface area contributed by atoms with Crippen LogP contribution >= 0.6 is 0 Å². The summed E-state index contributed by atoms with van der Waals surface area (Å²) in [4.78, 5) is 19.8. The minimum Gasteiger partial charge on any atom is -0.496 e. The summed E-state index contributed by atoms with van der Waals surface area (Å²) >= 11 is 0. The van der Waals surface area contributed by atoms with Crippen molar-refractivity contribution in [1.82, 2.24) is 14.5 Å². The Bertz CT molecular complexity index is 842. The second kappa shape index (κ2) is 6.48. The number of benzene rings is 1. The maximum atomic E-state index is 10.9. The molecule has 0 unspecified atom stereocenters. The molecule has 0 radical (unpaired) electrons. The first kappa shape index (κ1) is 15.0. The predicted octanol–water partition coefficient (Wildman–Crippen LogP) is 2.51. The van der Waals surface area contributed by atoms with Crippen molar-refractivity contribution in [2.24, 2.45) is 0 Å².